The largest absolute Gasteiger partial charge is 0.326 e. The fourth-order valence-electron chi connectivity index (χ4n) is 1.51. The van der Waals surface area contributed by atoms with Gasteiger partial charge in [0.15, 0.2) is 5.03 Å². The molecule has 6 nitrogen and oxygen atoms in total. The molecule has 0 atom stereocenters. The van der Waals surface area contributed by atoms with Gasteiger partial charge in [-0.15, -0.1) is 0 Å². The van der Waals surface area contributed by atoms with Gasteiger partial charge >= 0.3 is 0 Å². The van der Waals surface area contributed by atoms with Gasteiger partial charge in [0.2, 0.25) is 0 Å². The maximum atomic E-state index is 11.9. The fourth-order valence-corrected chi connectivity index (χ4v) is 2.72. The van der Waals surface area contributed by atoms with Crippen LogP contribution in [-0.4, -0.2) is 25.2 Å². The predicted molar refractivity (Wildman–Crippen MR) is 65.8 cm³/mol. The molecule has 0 saturated heterocycles. The van der Waals surface area contributed by atoms with Gasteiger partial charge in [-0.1, -0.05) is 26.2 Å². The van der Waals surface area contributed by atoms with Gasteiger partial charge in [-0.3, -0.25) is 5.10 Å². The first-order valence-corrected chi connectivity index (χ1v) is 7.32. The van der Waals surface area contributed by atoms with Crippen LogP contribution in [0.25, 0.3) is 0 Å². The van der Waals surface area contributed by atoms with Crippen molar-refractivity contribution in [1.29, 1.82) is 0 Å². The number of hydrogen-bond donors (Lipinski definition) is 3. The second-order valence-corrected chi connectivity index (χ2v) is 5.59. The average molecular weight is 260 g/mol. The quantitative estimate of drug-likeness (QED) is 0.600. The van der Waals surface area contributed by atoms with E-state index in [2.05, 4.69) is 21.8 Å². The molecule has 1 aromatic rings. The number of hydrogen-bond acceptors (Lipinski definition) is 4. The summed E-state index contributed by atoms with van der Waals surface area (Å²) in [6, 6.07) is 0. The number of H-pyrrole nitrogens is 1. The first-order valence-electron chi connectivity index (χ1n) is 5.83. The van der Waals surface area contributed by atoms with Crippen molar-refractivity contribution in [2.24, 2.45) is 5.73 Å². The topological polar surface area (TPSA) is 101 Å². The standard InChI is InChI=1S/C10H20N4O2S/c1-2-3-4-5-6-13-17(15,16)10-9(7-11)8-12-14-10/h8,13H,2-7,11H2,1H3,(H,12,14). The monoisotopic (exact) mass is 260 g/mol. The lowest BCUT2D eigenvalue weighted by atomic mass is 10.2. The SMILES string of the molecule is CCCCCCNS(=O)(=O)c1[nH]ncc1CN. The molecule has 0 aliphatic heterocycles. The summed E-state index contributed by atoms with van der Waals surface area (Å²) in [5.41, 5.74) is 5.94. The Balaban J connectivity index is 2.51. The second kappa shape index (κ2) is 6.73. The third-order valence-electron chi connectivity index (χ3n) is 2.49. The van der Waals surface area contributed by atoms with E-state index in [-0.39, 0.29) is 11.6 Å². The molecular formula is C10H20N4O2S. The van der Waals surface area contributed by atoms with Crippen LogP contribution >= 0.6 is 0 Å². The molecule has 17 heavy (non-hydrogen) atoms. The third-order valence-corrected chi connectivity index (χ3v) is 3.96. The van der Waals surface area contributed by atoms with Crippen molar-refractivity contribution in [2.45, 2.75) is 44.2 Å². The maximum absolute atomic E-state index is 11.9. The fraction of sp³-hybridized carbons (Fsp3) is 0.700. The normalized spacial score (nSPS) is 11.9. The molecule has 98 valence electrons. The molecule has 0 unspecified atom stereocenters. The second-order valence-electron chi connectivity index (χ2n) is 3.89. The van der Waals surface area contributed by atoms with Gasteiger partial charge < -0.3 is 5.73 Å². The number of aromatic nitrogens is 2. The summed E-state index contributed by atoms with van der Waals surface area (Å²) in [5, 5.41) is 6.24. The van der Waals surface area contributed by atoms with E-state index in [1.807, 2.05) is 0 Å². The average Bonchev–Trinajstić information content (AvgIpc) is 2.77. The molecule has 1 rings (SSSR count). The molecule has 0 radical (unpaired) electrons. The summed E-state index contributed by atoms with van der Waals surface area (Å²) < 4.78 is 26.3. The van der Waals surface area contributed by atoms with Crippen LogP contribution in [0, 0.1) is 0 Å². The van der Waals surface area contributed by atoms with Gasteiger partial charge in [-0.05, 0) is 6.42 Å². The molecule has 0 amide bonds. The van der Waals surface area contributed by atoms with Gasteiger partial charge in [-0.2, -0.15) is 5.10 Å². The Kier molecular flexibility index (Phi) is 5.60. The molecule has 0 aromatic carbocycles. The third kappa shape index (κ3) is 4.10. The van der Waals surface area contributed by atoms with Crippen LogP contribution in [0.4, 0.5) is 0 Å². The van der Waals surface area contributed by atoms with Crippen LogP contribution in [0.3, 0.4) is 0 Å². The van der Waals surface area contributed by atoms with Gasteiger partial charge in [0.05, 0.1) is 6.20 Å². The minimum Gasteiger partial charge on any atom is -0.326 e. The van der Waals surface area contributed by atoms with Crippen LogP contribution in [-0.2, 0) is 16.6 Å². The molecule has 1 heterocycles. The minimum absolute atomic E-state index is 0.0792. The Morgan fingerprint density at radius 3 is 2.82 bits per heavy atom. The Bertz CT molecular complexity index is 427. The number of rotatable bonds is 8. The van der Waals surface area contributed by atoms with Crippen molar-refractivity contribution in [2.75, 3.05) is 6.54 Å². The zero-order chi connectivity index (χ0) is 12.7. The highest BCUT2D eigenvalue weighted by Crippen LogP contribution is 2.10. The number of aromatic amines is 1. The zero-order valence-corrected chi connectivity index (χ0v) is 10.9. The molecule has 1 aromatic heterocycles. The highest BCUT2D eigenvalue weighted by Gasteiger charge is 2.19. The molecule has 0 spiro atoms. The van der Waals surface area contributed by atoms with E-state index >= 15 is 0 Å². The molecule has 0 aliphatic carbocycles. The van der Waals surface area contributed by atoms with Crippen LogP contribution in [0.15, 0.2) is 11.2 Å². The van der Waals surface area contributed by atoms with Gasteiger partial charge in [0.1, 0.15) is 0 Å². The molecule has 0 fully saturated rings. The summed E-state index contributed by atoms with van der Waals surface area (Å²) >= 11 is 0. The molecular weight excluding hydrogens is 240 g/mol. The number of nitrogens with one attached hydrogen (secondary N) is 2. The summed E-state index contributed by atoms with van der Waals surface area (Å²) in [6.07, 6.45) is 5.57. The molecule has 0 saturated carbocycles. The molecule has 0 aliphatic rings. The zero-order valence-electron chi connectivity index (χ0n) is 10.1. The van der Waals surface area contributed by atoms with E-state index in [0.717, 1.165) is 25.7 Å². The van der Waals surface area contributed by atoms with Gasteiger partial charge in [-0.25, -0.2) is 13.1 Å². The predicted octanol–water partition coefficient (Wildman–Crippen LogP) is 0.727. The van der Waals surface area contributed by atoms with Crippen LogP contribution in [0.1, 0.15) is 38.2 Å². The molecule has 0 bridgehead atoms. The Morgan fingerprint density at radius 1 is 1.41 bits per heavy atom. The van der Waals surface area contributed by atoms with E-state index in [9.17, 15) is 8.42 Å². The summed E-state index contributed by atoms with van der Waals surface area (Å²) in [7, 11) is -3.49. The van der Waals surface area contributed by atoms with E-state index in [1.54, 1.807) is 0 Å². The summed E-state index contributed by atoms with van der Waals surface area (Å²) in [4.78, 5) is 0. The van der Waals surface area contributed by atoms with Crippen molar-refractivity contribution in [3.05, 3.63) is 11.8 Å². The van der Waals surface area contributed by atoms with Crippen molar-refractivity contribution < 1.29 is 8.42 Å². The van der Waals surface area contributed by atoms with E-state index in [1.165, 1.54) is 6.20 Å². The summed E-state index contributed by atoms with van der Waals surface area (Å²) in [6.45, 7) is 2.72. The lowest BCUT2D eigenvalue weighted by Crippen LogP contribution is -2.26. The van der Waals surface area contributed by atoms with Crippen molar-refractivity contribution in [3.8, 4) is 0 Å². The van der Waals surface area contributed by atoms with E-state index in [0.29, 0.717) is 12.1 Å². The highest BCUT2D eigenvalue weighted by molar-refractivity contribution is 7.89. The van der Waals surface area contributed by atoms with Crippen LogP contribution in [0.2, 0.25) is 0 Å². The minimum atomic E-state index is -3.49. The highest BCUT2D eigenvalue weighted by atomic mass is 32.2. The van der Waals surface area contributed by atoms with Crippen LogP contribution < -0.4 is 10.5 Å². The van der Waals surface area contributed by atoms with Crippen molar-refractivity contribution in [3.63, 3.8) is 0 Å². The number of nitrogens with zero attached hydrogens (tertiary/aromatic N) is 1. The Labute approximate surface area is 102 Å². The number of sulfonamides is 1. The van der Waals surface area contributed by atoms with E-state index < -0.39 is 10.0 Å². The molecule has 4 N–H and O–H groups in total. The Morgan fingerprint density at radius 2 is 2.18 bits per heavy atom. The lowest BCUT2D eigenvalue weighted by Gasteiger charge is -2.05. The summed E-state index contributed by atoms with van der Waals surface area (Å²) in [5.74, 6) is 0. The first kappa shape index (κ1) is 14.1. The smallest absolute Gasteiger partial charge is 0.257 e. The van der Waals surface area contributed by atoms with Gasteiger partial charge in [0.25, 0.3) is 10.0 Å². The number of unbranched alkanes of at least 4 members (excludes halogenated alkanes) is 3. The van der Waals surface area contributed by atoms with Gasteiger partial charge in [0, 0.05) is 18.7 Å². The van der Waals surface area contributed by atoms with Crippen molar-refractivity contribution in [1.82, 2.24) is 14.9 Å². The van der Waals surface area contributed by atoms with Crippen LogP contribution in [0.5, 0.6) is 0 Å². The van der Waals surface area contributed by atoms with Crippen molar-refractivity contribution >= 4 is 10.0 Å². The first-order chi connectivity index (χ1) is 8.11. The van der Waals surface area contributed by atoms with E-state index in [4.69, 9.17) is 5.73 Å². The maximum Gasteiger partial charge on any atom is 0.257 e. The molecule has 7 heteroatoms. The Hall–Kier alpha value is -0.920. The number of nitrogens with two attached hydrogens (primary N) is 1. The lowest BCUT2D eigenvalue weighted by molar-refractivity contribution is 0.568.